The zero-order valence-electron chi connectivity index (χ0n) is 10.5. The van der Waals surface area contributed by atoms with Crippen molar-refractivity contribution < 1.29 is 13.5 Å². The fourth-order valence-electron chi connectivity index (χ4n) is 2.68. The van der Waals surface area contributed by atoms with Crippen LogP contribution in [-0.4, -0.2) is 30.5 Å². The van der Waals surface area contributed by atoms with E-state index in [0.717, 1.165) is 0 Å². The van der Waals surface area contributed by atoms with Gasteiger partial charge < -0.3 is 10.1 Å². The summed E-state index contributed by atoms with van der Waals surface area (Å²) in [6, 6.07) is 1.29. The van der Waals surface area contributed by atoms with Gasteiger partial charge in [0.2, 0.25) is 15.9 Å². The highest BCUT2D eigenvalue weighted by Crippen LogP contribution is 2.42. The molecule has 0 radical (unpaired) electrons. The standard InChI is InChI=1S/C11H12N4O4S/c1-15-3-6-7(4-15)9-5(2-8(6)20(12,18)19)10(14-17)11(16)13-9/h2,13,16H,3-4H2,1H3,(H2,12,18,19). The lowest BCUT2D eigenvalue weighted by atomic mass is 10.1. The first-order valence-corrected chi connectivity index (χ1v) is 7.31. The Labute approximate surface area is 114 Å². The van der Waals surface area contributed by atoms with Crippen LogP contribution in [0.4, 0.5) is 5.69 Å². The molecule has 1 aliphatic heterocycles. The number of nitrogens with two attached hydrogens (primary N) is 1. The van der Waals surface area contributed by atoms with Gasteiger partial charge in [0.1, 0.15) is 0 Å². The van der Waals surface area contributed by atoms with Gasteiger partial charge in [0.15, 0.2) is 5.69 Å². The maximum atomic E-state index is 11.7. The first kappa shape index (κ1) is 13.0. The quantitative estimate of drug-likeness (QED) is 0.708. The van der Waals surface area contributed by atoms with Crippen molar-refractivity contribution in [2.45, 2.75) is 18.0 Å². The van der Waals surface area contributed by atoms with Gasteiger partial charge in [0.05, 0.1) is 10.4 Å². The molecule has 2 heterocycles. The number of H-pyrrole nitrogens is 1. The van der Waals surface area contributed by atoms with Crippen molar-refractivity contribution in [2.75, 3.05) is 7.05 Å². The maximum absolute atomic E-state index is 11.7. The minimum atomic E-state index is -3.92. The minimum Gasteiger partial charge on any atom is -0.493 e. The van der Waals surface area contributed by atoms with Crippen LogP contribution in [-0.2, 0) is 23.1 Å². The highest BCUT2D eigenvalue weighted by molar-refractivity contribution is 7.89. The molecular weight excluding hydrogens is 284 g/mol. The van der Waals surface area contributed by atoms with Crippen molar-refractivity contribution in [3.8, 4) is 5.88 Å². The summed E-state index contributed by atoms with van der Waals surface area (Å²) in [5, 5.41) is 17.9. The highest BCUT2D eigenvalue weighted by atomic mass is 32.2. The largest absolute Gasteiger partial charge is 0.493 e. The molecule has 1 aliphatic rings. The molecule has 3 rings (SSSR count). The average molecular weight is 296 g/mol. The van der Waals surface area contributed by atoms with Crippen LogP contribution in [0.15, 0.2) is 16.1 Å². The molecule has 2 aromatic rings. The molecule has 4 N–H and O–H groups in total. The molecule has 8 nitrogen and oxygen atoms in total. The van der Waals surface area contributed by atoms with E-state index >= 15 is 0 Å². The number of rotatable bonds is 2. The van der Waals surface area contributed by atoms with Crippen molar-refractivity contribution in [1.82, 2.24) is 9.88 Å². The molecule has 9 heteroatoms. The zero-order chi connectivity index (χ0) is 14.7. The van der Waals surface area contributed by atoms with Crippen LogP contribution in [0.1, 0.15) is 11.1 Å². The van der Waals surface area contributed by atoms with E-state index in [1.165, 1.54) is 6.07 Å². The number of fused-ring (bicyclic) bond motifs is 3. The van der Waals surface area contributed by atoms with Crippen LogP contribution in [0.5, 0.6) is 5.88 Å². The molecule has 0 amide bonds. The van der Waals surface area contributed by atoms with E-state index in [0.29, 0.717) is 29.7 Å². The number of aromatic hydroxyl groups is 1. The van der Waals surface area contributed by atoms with Gasteiger partial charge in [-0.05, 0) is 29.4 Å². The molecule has 0 fully saturated rings. The highest BCUT2D eigenvalue weighted by Gasteiger charge is 2.29. The lowest BCUT2D eigenvalue weighted by molar-refractivity contribution is 0.352. The molecule has 0 saturated heterocycles. The number of nitrogens with one attached hydrogen (secondary N) is 1. The number of nitrogens with zero attached hydrogens (tertiary/aromatic N) is 2. The van der Waals surface area contributed by atoms with Gasteiger partial charge in [-0.15, -0.1) is 4.91 Å². The van der Waals surface area contributed by atoms with Gasteiger partial charge in [-0.25, -0.2) is 13.6 Å². The molecule has 0 bridgehead atoms. The SMILES string of the molecule is CN1Cc2c(S(N)(=O)=O)cc3c(N=O)c(O)[nH]c3c2C1. The number of primary sulfonamides is 1. The summed E-state index contributed by atoms with van der Waals surface area (Å²) in [7, 11) is -2.09. The van der Waals surface area contributed by atoms with E-state index in [9.17, 15) is 18.4 Å². The summed E-state index contributed by atoms with van der Waals surface area (Å²) in [4.78, 5) is 15.4. The van der Waals surface area contributed by atoms with Crippen molar-refractivity contribution in [3.63, 3.8) is 0 Å². The first-order valence-electron chi connectivity index (χ1n) is 5.77. The normalized spacial score (nSPS) is 15.7. The van der Waals surface area contributed by atoms with Crippen molar-refractivity contribution in [3.05, 3.63) is 22.1 Å². The number of benzene rings is 1. The zero-order valence-corrected chi connectivity index (χ0v) is 11.4. The second kappa shape index (κ2) is 4.01. The van der Waals surface area contributed by atoms with Gasteiger partial charge in [-0.1, -0.05) is 0 Å². The van der Waals surface area contributed by atoms with Gasteiger partial charge in [-0.2, -0.15) is 0 Å². The molecule has 0 saturated carbocycles. The first-order chi connectivity index (χ1) is 9.32. The minimum absolute atomic E-state index is 0.0340. The Bertz CT molecular complexity index is 840. The molecular formula is C11H12N4O4S. The maximum Gasteiger partial charge on any atom is 0.238 e. The molecule has 0 spiro atoms. The van der Waals surface area contributed by atoms with E-state index in [4.69, 9.17) is 5.14 Å². The van der Waals surface area contributed by atoms with E-state index in [1.807, 2.05) is 11.9 Å². The van der Waals surface area contributed by atoms with Crippen LogP contribution in [0.25, 0.3) is 10.9 Å². The number of aromatic nitrogens is 1. The van der Waals surface area contributed by atoms with E-state index < -0.39 is 10.0 Å². The summed E-state index contributed by atoms with van der Waals surface area (Å²) in [5.41, 5.74) is 1.60. The Morgan fingerprint density at radius 1 is 1.40 bits per heavy atom. The second-order valence-electron chi connectivity index (χ2n) is 4.89. The third-order valence-electron chi connectivity index (χ3n) is 3.48. The second-order valence-corrected chi connectivity index (χ2v) is 6.42. The van der Waals surface area contributed by atoms with Crippen molar-refractivity contribution >= 4 is 26.6 Å². The third kappa shape index (κ3) is 1.71. The summed E-state index contributed by atoms with van der Waals surface area (Å²) >= 11 is 0. The number of hydrogen-bond donors (Lipinski definition) is 3. The summed E-state index contributed by atoms with van der Waals surface area (Å²) in [6.45, 7) is 0.925. The van der Waals surface area contributed by atoms with Gasteiger partial charge in [0, 0.05) is 18.5 Å². The fraction of sp³-hybridized carbons (Fsp3) is 0.273. The Balaban J connectivity index is 2.48. The Hall–Kier alpha value is -1.97. The predicted molar refractivity (Wildman–Crippen MR) is 72.0 cm³/mol. The number of sulfonamides is 1. The van der Waals surface area contributed by atoms with E-state index in [1.54, 1.807) is 0 Å². The van der Waals surface area contributed by atoms with Gasteiger partial charge in [-0.3, -0.25) is 4.90 Å². The van der Waals surface area contributed by atoms with Crippen molar-refractivity contribution in [1.29, 1.82) is 0 Å². The summed E-state index contributed by atoms with van der Waals surface area (Å²) in [6.07, 6.45) is 0. The van der Waals surface area contributed by atoms with Gasteiger partial charge >= 0.3 is 0 Å². The lowest BCUT2D eigenvalue weighted by Crippen LogP contribution is -2.15. The van der Waals surface area contributed by atoms with Crippen molar-refractivity contribution in [2.24, 2.45) is 10.3 Å². The number of nitroso groups, excluding NO2 is 1. The average Bonchev–Trinajstić information content (AvgIpc) is 2.85. The summed E-state index contributed by atoms with van der Waals surface area (Å²) in [5.74, 6) is -0.377. The smallest absolute Gasteiger partial charge is 0.238 e. The number of hydrogen-bond acceptors (Lipinski definition) is 6. The predicted octanol–water partition coefficient (Wildman–Crippen LogP) is 0.864. The van der Waals surface area contributed by atoms with Crippen LogP contribution in [0.3, 0.4) is 0 Å². The molecule has 0 unspecified atom stereocenters. The van der Waals surface area contributed by atoms with Gasteiger partial charge in [0.25, 0.3) is 0 Å². The summed E-state index contributed by atoms with van der Waals surface area (Å²) < 4.78 is 23.5. The topological polar surface area (TPSA) is 129 Å². The van der Waals surface area contributed by atoms with Crippen LogP contribution >= 0.6 is 0 Å². The number of aromatic amines is 1. The monoisotopic (exact) mass is 296 g/mol. The lowest BCUT2D eigenvalue weighted by Gasteiger charge is -2.07. The molecule has 0 aliphatic carbocycles. The molecule has 106 valence electrons. The Kier molecular flexibility index (Phi) is 2.61. The van der Waals surface area contributed by atoms with Crippen LogP contribution in [0, 0.1) is 4.91 Å². The molecule has 0 atom stereocenters. The van der Waals surface area contributed by atoms with E-state index in [2.05, 4.69) is 10.2 Å². The fourth-order valence-corrected chi connectivity index (χ4v) is 3.49. The van der Waals surface area contributed by atoms with Crippen LogP contribution in [0.2, 0.25) is 0 Å². The molecule has 1 aromatic carbocycles. The Morgan fingerprint density at radius 3 is 2.65 bits per heavy atom. The molecule has 20 heavy (non-hydrogen) atoms. The molecule has 1 aromatic heterocycles. The third-order valence-corrected chi connectivity index (χ3v) is 4.46. The van der Waals surface area contributed by atoms with Crippen LogP contribution < -0.4 is 5.14 Å². The Morgan fingerprint density at radius 2 is 2.05 bits per heavy atom. The van der Waals surface area contributed by atoms with E-state index in [-0.39, 0.29) is 21.8 Å².